The summed E-state index contributed by atoms with van der Waals surface area (Å²) in [6, 6.07) is 12.2. The summed E-state index contributed by atoms with van der Waals surface area (Å²) in [6.45, 7) is -0.0499. The Hall–Kier alpha value is -5.01. The van der Waals surface area contributed by atoms with Crippen LogP contribution in [0.5, 0.6) is 0 Å². The van der Waals surface area contributed by atoms with Crippen molar-refractivity contribution >= 4 is 43.6 Å². The molecular weight excluding hydrogens is 595 g/mol. The van der Waals surface area contributed by atoms with Crippen LogP contribution < -0.4 is 10.0 Å². The molecule has 4 N–H and O–H groups in total. The minimum absolute atomic E-state index is 0.0396. The zero-order chi connectivity index (χ0) is 31.1. The van der Waals surface area contributed by atoms with Gasteiger partial charge in [-0.2, -0.15) is 5.10 Å². The number of amides is 1. The van der Waals surface area contributed by atoms with E-state index in [9.17, 15) is 17.6 Å². The molecule has 0 radical (unpaired) electrons. The maximum Gasteiger partial charge on any atom is 0.227 e. The topological polar surface area (TPSA) is 158 Å². The first-order valence-electron chi connectivity index (χ1n) is 14.5. The molecule has 4 aromatic heterocycles. The number of carbonyl (C=O) groups excluding carboxylic acids is 1. The molecule has 7 rings (SSSR count). The van der Waals surface area contributed by atoms with Crippen molar-refractivity contribution in [1.82, 2.24) is 34.9 Å². The van der Waals surface area contributed by atoms with Crippen LogP contribution in [0.2, 0.25) is 0 Å². The number of sulfonamides is 1. The van der Waals surface area contributed by atoms with Crippen molar-refractivity contribution in [2.75, 3.05) is 11.6 Å². The fourth-order valence-electron chi connectivity index (χ4n) is 5.85. The fourth-order valence-corrected chi connectivity index (χ4v) is 6.28. The largest absolute Gasteiger partial charge is 0.335 e. The lowest BCUT2D eigenvalue weighted by atomic mass is 10.0. The Kier molecular flexibility index (Phi) is 7.34. The van der Waals surface area contributed by atoms with Gasteiger partial charge >= 0.3 is 0 Å². The van der Waals surface area contributed by atoms with Crippen molar-refractivity contribution in [3.63, 3.8) is 0 Å². The van der Waals surface area contributed by atoms with E-state index in [4.69, 9.17) is 4.98 Å². The molecule has 45 heavy (non-hydrogen) atoms. The molecule has 1 amide bonds. The molecule has 13 heteroatoms. The van der Waals surface area contributed by atoms with E-state index in [1.807, 2.05) is 24.3 Å². The quantitative estimate of drug-likeness (QED) is 0.173. The standard InChI is InChI=1S/C32H29FN8O3S/c1-45(43,44)36-13-18-8-21(10-23(33)9-18)26-16-35-17-28-29(26)39-31(38-28)30-25-12-20(6-7-27(25)40-41-30)22-11-24(15-34-14-22)37-32(42)19-4-2-3-5-19/h6-12,14-17,19,36H,2-5,13H2,1H3,(H,37,42)(H,38,39)(H,40,41). The molecule has 11 nitrogen and oxygen atoms in total. The van der Waals surface area contributed by atoms with Crippen molar-refractivity contribution < 1.29 is 17.6 Å². The number of hydrogen-bond acceptors (Lipinski definition) is 7. The van der Waals surface area contributed by atoms with Gasteiger partial charge in [-0.3, -0.25) is 19.9 Å². The van der Waals surface area contributed by atoms with Gasteiger partial charge in [0.1, 0.15) is 11.5 Å². The van der Waals surface area contributed by atoms with Crippen molar-refractivity contribution in [3.8, 4) is 33.8 Å². The predicted octanol–water partition coefficient (Wildman–Crippen LogP) is 5.55. The Labute approximate surface area is 257 Å². The first-order chi connectivity index (χ1) is 21.7. The highest BCUT2D eigenvalue weighted by molar-refractivity contribution is 7.88. The molecule has 0 bridgehead atoms. The highest BCUT2D eigenvalue weighted by Crippen LogP contribution is 2.34. The molecule has 0 aliphatic heterocycles. The van der Waals surface area contributed by atoms with Gasteiger partial charge in [0.15, 0.2) is 5.82 Å². The first-order valence-corrected chi connectivity index (χ1v) is 16.4. The summed E-state index contributed by atoms with van der Waals surface area (Å²) in [4.78, 5) is 29.5. The number of aromatic amines is 2. The Balaban J connectivity index is 1.22. The zero-order valence-electron chi connectivity index (χ0n) is 24.3. The first kappa shape index (κ1) is 28.7. The second kappa shape index (κ2) is 11.5. The summed E-state index contributed by atoms with van der Waals surface area (Å²) in [5.74, 6) is 0.0810. The van der Waals surface area contributed by atoms with Crippen LogP contribution in [0.3, 0.4) is 0 Å². The van der Waals surface area contributed by atoms with Gasteiger partial charge in [0.25, 0.3) is 0 Å². The van der Waals surface area contributed by atoms with Crippen LogP contribution in [0.4, 0.5) is 10.1 Å². The second-order valence-electron chi connectivity index (χ2n) is 11.4. The molecule has 6 aromatic rings. The van der Waals surface area contributed by atoms with Crippen LogP contribution in [-0.2, 0) is 21.4 Å². The molecule has 1 fully saturated rings. The summed E-state index contributed by atoms with van der Waals surface area (Å²) < 4.78 is 40.1. The van der Waals surface area contributed by atoms with Gasteiger partial charge in [0.2, 0.25) is 15.9 Å². The lowest BCUT2D eigenvalue weighted by Gasteiger charge is -2.11. The number of halogens is 1. The van der Waals surface area contributed by atoms with E-state index < -0.39 is 15.8 Å². The molecule has 1 saturated carbocycles. The Morgan fingerprint density at radius 2 is 1.78 bits per heavy atom. The van der Waals surface area contributed by atoms with E-state index in [1.54, 1.807) is 30.9 Å². The average Bonchev–Trinajstić information content (AvgIpc) is 3.79. The number of hydrogen-bond donors (Lipinski definition) is 4. The number of nitrogens with one attached hydrogen (secondary N) is 4. The number of pyridine rings is 2. The number of fused-ring (bicyclic) bond motifs is 2. The summed E-state index contributed by atoms with van der Waals surface area (Å²) in [6.07, 6.45) is 11.7. The maximum atomic E-state index is 14.6. The maximum absolute atomic E-state index is 14.6. The highest BCUT2D eigenvalue weighted by Gasteiger charge is 2.23. The van der Waals surface area contributed by atoms with E-state index >= 15 is 0 Å². The van der Waals surface area contributed by atoms with E-state index in [2.05, 4.69) is 35.2 Å². The van der Waals surface area contributed by atoms with Crippen molar-refractivity contribution in [2.45, 2.75) is 32.2 Å². The number of nitrogens with zero attached hydrogens (tertiary/aromatic N) is 4. The molecule has 0 saturated heterocycles. The van der Waals surface area contributed by atoms with Crippen LogP contribution in [0, 0.1) is 11.7 Å². The van der Waals surface area contributed by atoms with Gasteiger partial charge in [0, 0.05) is 41.4 Å². The molecule has 4 heterocycles. The van der Waals surface area contributed by atoms with Crippen molar-refractivity contribution in [1.29, 1.82) is 0 Å². The third kappa shape index (κ3) is 6.04. The van der Waals surface area contributed by atoms with Crippen LogP contribution in [0.25, 0.3) is 55.7 Å². The lowest BCUT2D eigenvalue weighted by molar-refractivity contribution is -0.119. The number of anilines is 1. The third-order valence-electron chi connectivity index (χ3n) is 8.05. The Morgan fingerprint density at radius 3 is 2.60 bits per heavy atom. The summed E-state index contributed by atoms with van der Waals surface area (Å²) in [5, 5.41) is 11.4. The molecule has 0 unspecified atom stereocenters. The number of H-pyrrole nitrogens is 2. The SMILES string of the molecule is CS(=O)(=O)NCc1cc(F)cc(-c2cncc3[nH]c(-c4n[nH]c5ccc(-c6cncc(NC(=O)C7CCCC7)c6)cc45)nc23)c1. The highest BCUT2D eigenvalue weighted by atomic mass is 32.2. The fraction of sp³-hybridized carbons (Fsp3) is 0.219. The summed E-state index contributed by atoms with van der Waals surface area (Å²) in [5.41, 5.74) is 6.53. The molecule has 2 aromatic carbocycles. The van der Waals surface area contributed by atoms with E-state index in [-0.39, 0.29) is 18.4 Å². The monoisotopic (exact) mass is 624 g/mol. The molecule has 0 spiro atoms. The van der Waals surface area contributed by atoms with Crippen LogP contribution >= 0.6 is 0 Å². The summed E-state index contributed by atoms with van der Waals surface area (Å²) >= 11 is 0. The number of imidazole rings is 1. The van der Waals surface area contributed by atoms with Gasteiger partial charge in [0.05, 0.1) is 40.9 Å². The lowest BCUT2D eigenvalue weighted by Crippen LogP contribution is -2.21. The van der Waals surface area contributed by atoms with Gasteiger partial charge in [-0.1, -0.05) is 18.9 Å². The molecule has 1 aliphatic carbocycles. The van der Waals surface area contributed by atoms with Crippen molar-refractivity contribution in [3.05, 3.63) is 78.6 Å². The van der Waals surface area contributed by atoms with Gasteiger partial charge < -0.3 is 10.3 Å². The zero-order valence-corrected chi connectivity index (χ0v) is 25.1. The van der Waals surface area contributed by atoms with Crippen molar-refractivity contribution in [2.24, 2.45) is 5.92 Å². The third-order valence-corrected chi connectivity index (χ3v) is 8.72. The van der Waals surface area contributed by atoms with E-state index in [1.165, 1.54) is 12.1 Å². The second-order valence-corrected chi connectivity index (χ2v) is 13.2. The van der Waals surface area contributed by atoms with Gasteiger partial charge in [-0.05, 0) is 65.9 Å². The van der Waals surface area contributed by atoms with Gasteiger partial charge in [-0.25, -0.2) is 22.5 Å². The van der Waals surface area contributed by atoms with Gasteiger partial charge in [-0.15, -0.1) is 0 Å². The van der Waals surface area contributed by atoms with E-state index in [0.29, 0.717) is 44.9 Å². The number of benzene rings is 2. The molecule has 228 valence electrons. The number of aromatic nitrogens is 6. The van der Waals surface area contributed by atoms with E-state index in [0.717, 1.165) is 54.0 Å². The average molecular weight is 625 g/mol. The van der Waals surface area contributed by atoms with Crippen LogP contribution in [0.15, 0.2) is 67.3 Å². The normalized spacial score (nSPS) is 14.0. The Bertz CT molecular complexity index is 2190. The number of rotatable bonds is 8. The summed E-state index contributed by atoms with van der Waals surface area (Å²) in [7, 11) is -3.45. The molecule has 0 atom stereocenters. The minimum Gasteiger partial charge on any atom is -0.335 e. The van der Waals surface area contributed by atoms with Crippen LogP contribution in [-0.4, -0.2) is 50.7 Å². The number of carbonyl (C=O) groups is 1. The minimum atomic E-state index is -3.45. The van der Waals surface area contributed by atoms with Crippen LogP contribution in [0.1, 0.15) is 31.2 Å². The predicted molar refractivity (Wildman–Crippen MR) is 170 cm³/mol. The molecule has 1 aliphatic rings. The smallest absolute Gasteiger partial charge is 0.227 e. The molecular formula is C32H29FN8O3S. The Morgan fingerprint density at radius 1 is 0.956 bits per heavy atom.